The Kier molecular flexibility index (Phi) is 6.19. The number of benzene rings is 2. The van der Waals surface area contributed by atoms with Crippen molar-refractivity contribution in [1.29, 1.82) is 0 Å². The molecule has 0 aromatic heterocycles. The summed E-state index contributed by atoms with van der Waals surface area (Å²) >= 11 is 11.5. The highest BCUT2D eigenvalue weighted by Crippen LogP contribution is 2.14. The van der Waals surface area contributed by atoms with Crippen LogP contribution < -0.4 is 5.32 Å². The van der Waals surface area contributed by atoms with E-state index in [2.05, 4.69) is 5.32 Å². The maximum absolute atomic E-state index is 9.72. The van der Waals surface area contributed by atoms with Gasteiger partial charge in [0.2, 0.25) is 0 Å². The molecule has 0 amide bonds. The van der Waals surface area contributed by atoms with Crippen molar-refractivity contribution >= 4 is 34.6 Å². The van der Waals surface area contributed by atoms with Crippen LogP contribution in [0, 0.1) is 0 Å². The van der Waals surface area contributed by atoms with Crippen molar-refractivity contribution in [2.75, 3.05) is 11.9 Å². The number of thiocarbonyl (C=S) groups is 1. The standard InChI is InChI=1S/C17H19ClN2OS/c1-13(21)11-20(12-14-6-5-7-15(18)10-14)17(22)19-16-8-3-2-4-9-16/h2-10,13,21H,11-12H2,1H3,(H,19,22). The summed E-state index contributed by atoms with van der Waals surface area (Å²) < 4.78 is 0. The van der Waals surface area contributed by atoms with Gasteiger partial charge in [-0.1, -0.05) is 41.9 Å². The molecule has 2 rings (SSSR count). The quantitative estimate of drug-likeness (QED) is 0.812. The van der Waals surface area contributed by atoms with Crippen molar-refractivity contribution in [3.05, 3.63) is 65.2 Å². The van der Waals surface area contributed by atoms with E-state index in [-0.39, 0.29) is 0 Å². The molecule has 0 aliphatic carbocycles. The highest BCUT2D eigenvalue weighted by atomic mass is 35.5. The number of nitrogens with one attached hydrogen (secondary N) is 1. The molecule has 5 heteroatoms. The summed E-state index contributed by atoms with van der Waals surface area (Å²) in [4.78, 5) is 1.93. The normalized spacial score (nSPS) is 11.8. The Hall–Kier alpha value is -1.62. The molecule has 3 nitrogen and oxygen atoms in total. The van der Waals surface area contributed by atoms with E-state index in [1.54, 1.807) is 6.92 Å². The zero-order valence-corrected chi connectivity index (χ0v) is 13.9. The number of halogens is 1. The SMILES string of the molecule is CC(O)CN(Cc1cccc(Cl)c1)C(=S)Nc1ccccc1. The fourth-order valence-electron chi connectivity index (χ4n) is 2.12. The van der Waals surface area contributed by atoms with E-state index in [0.29, 0.717) is 23.2 Å². The lowest BCUT2D eigenvalue weighted by Crippen LogP contribution is -2.38. The minimum Gasteiger partial charge on any atom is -0.392 e. The lowest BCUT2D eigenvalue weighted by molar-refractivity contribution is 0.158. The maximum atomic E-state index is 9.72. The van der Waals surface area contributed by atoms with Crippen LogP contribution in [0.5, 0.6) is 0 Å². The van der Waals surface area contributed by atoms with Crippen molar-refractivity contribution in [2.45, 2.75) is 19.6 Å². The highest BCUT2D eigenvalue weighted by Gasteiger charge is 2.13. The fourth-order valence-corrected chi connectivity index (χ4v) is 2.59. The number of hydrogen-bond acceptors (Lipinski definition) is 2. The predicted molar refractivity (Wildman–Crippen MR) is 96.2 cm³/mol. The summed E-state index contributed by atoms with van der Waals surface area (Å²) in [5.41, 5.74) is 1.97. The molecule has 2 N–H and O–H groups in total. The summed E-state index contributed by atoms with van der Waals surface area (Å²) in [7, 11) is 0. The minimum absolute atomic E-state index is 0.450. The third-order valence-electron chi connectivity index (χ3n) is 3.06. The zero-order valence-electron chi connectivity index (χ0n) is 12.4. The van der Waals surface area contributed by atoms with E-state index in [1.165, 1.54) is 0 Å². The summed E-state index contributed by atoms with van der Waals surface area (Å²) in [6, 6.07) is 17.4. The monoisotopic (exact) mass is 334 g/mol. The van der Waals surface area contributed by atoms with Gasteiger partial charge in [0.1, 0.15) is 0 Å². The van der Waals surface area contributed by atoms with Gasteiger partial charge in [-0.2, -0.15) is 0 Å². The Morgan fingerprint density at radius 1 is 1.23 bits per heavy atom. The zero-order chi connectivity index (χ0) is 15.9. The Labute approximate surface area is 141 Å². The van der Waals surface area contributed by atoms with Gasteiger partial charge in [-0.15, -0.1) is 0 Å². The van der Waals surface area contributed by atoms with Crippen molar-refractivity contribution in [2.24, 2.45) is 0 Å². The number of aliphatic hydroxyl groups excluding tert-OH is 1. The summed E-state index contributed by atoms with van der Waals surface area (Å²) in [6.45, 7) is 2.78. The number of hydrogen-bond donors (Lipinski definition) is 2. The third-order valence-corrected chi connectivity index (χ3v) is 3.65. The summed E-state index contributed by atoms with van der Waals surface area (Å²) in [5.74, 6) is 0. The number of nitrogens with zero attached hydrogens (tertiary/aromatic N) is 1. The van der Waals surface area contributed by atoms with Crippen LogP contribution in [-0.2, 0) is 6.54 Å². The molecular formula is C17H19ClN2OS. The Balaban J connectivity index is 2.09. The maximum Gasteiger partial charge on any atom is 0.173 e. The van der Waals surface area contributed by atoms with Crippen molar-refractivity contribution < 1.29 is 5.11 Å². The molecule has 22 heavy (non-hydrogen) atoms. The van der Waals surface area contributed by atoms with E-state index < -0.39 is 6.10 Å². The van der Waals surface area contributed by atoms with Crippen molar-refractivity contribution in [3.63, 3.8) is 0 Å². The van der Waals surface area contributed by atoms with E-state index >= 15 is 0 Å². The van der Waals surface area contributed by atoms with Crippen molar-refractivity contribution in [3.8, 4) is 0 Å². The lowest BCUT2D eigenvalue weighted by Gasteiger charge is -2.27. The topological polar surface area (TPSA) is 35.5 Å². The van der Waals surface area contributed by atoms with Gasteiger partial charge in [0, 0.05) is 23.8 Å². The van der Waals surface area contributed by atoms with Crippen LogP contribution in [0.1, 0.15) is 12.5 Å². The molecular weight excluding hydrogens is 316 g/mol. The highest BCUT2D eigenvalue weighted by molar-refractivity contribution is 7.80. The molecule has 116 valence electrons. The average Bonchev–Trinajstić information content (AvgIpc) is 2.47. The van der Waals surface area contributed by atoms with E-state index in [1.807, 2.05) is 59.5 Å². The van der Waals surface area contributed by atoms with Crippen LogP contribution in [0.15, 0.2) is 54.6 Å². The summed E-state index contributed by atoms with van der Waals surface area (Å²) in [6.07, 6.45) is -0.477. The molecule has 0 saturated heterocycles. The van der Waals surface area contributed by atoms with Crippen LogP contribution in [0.4, 0.5) is 5.69 Å². The van der Waals surface area contributed by atoms with Gasteiger partial charge in [0.25, 0.3) is 0 Å². The van der Waals surface area contributed by atoms with E-state index in [4.69, 9.17) is 23.8 Å². The Morgan fingerprint density at radius 2 is 1.95 bits per heavy atom. The van der Waals surface area contributed by atoms with Crippen LogP contribution in [0.3, 0.4) is 0 Å². The van der Waals surface area contributed by atoms with E-state index in [0.717, 1.165) is 11.3 Å². The van der Waals surface area contributed by atoms with Crippen LogP contribution in [0.2, 0.25) is 5.02 Å². The first-order valence-electron chi connectivity index (χ1n) is 7.08. The molecule has 0 heterocycles. The Bertz CT molecular complexity index is 619. The molecule has 0 saturated carbocycles. The molecule has 0 bridgehead atoms. The number of anilines is 1. The second-order valence-corrected chi connectivity index (χ2v) is 5.98. The second kappa shape index (κ2) is 8.13. The largest absolute Gasteiger partial charge is 0.392 e. The third kappa shape index (κ3) is 5.30. The molecule has 1 unspecified atom stereocenters. The number of rotatable bonds is 5. The molecule has 0 aliphatic heterocycles. The first kappa shape index (κ1) is 16.7. The molecule has 1 atom stereocenters. The number of aliphatic hydroxyl groups is 1. The average molecular weight is 335 g/mol. The smallest absolute Gasteiger partial charge is 0.173 e. The molecule has 0 spiro atoms. The van der Waals surface area contributed by atoms with E-state index in [9.17, 15) is 5.11 Å². The molecule has 0 radical (unpaired) electrons. The van der Waals surface area contributed by atoms with Crippen LogP contribution >= 0.6 is 23.8 Å². The lowest BCUT2D eigenvalue weighted by atomic mass is 10.2. The minimum atomic E-state index is -0.477. The Morgan fingerprint density at radius 3 is 2.59 bits per heavy atom. The first-order chi connectivity index (χ1) is 10.5. The fraction of sp³-hybridized carbons (Fsp3) is 0.235. The molecule has 0 fully saturated rings. The molecule has 2 aromatic rings. The van der Waals surface area contributed by atoms with Gasteiger partial charge < -0.3 is 15.3 Å². The molecule has 2 aromatic carbocycles. The van der Waals surface area contributed by atoms with Crippen LogP contribution in [0.25, 0.3) is 0 Å². The second-order valence-electron chi connectivity index (χ2n) is 5.16. The van der Waals surface area contributed by atoms with Gasteiger partial charge in [-0.25, -0.2) is 0 Å². The van der Waals surface area contributed by atoms with Crippen molar-refractivity contribution in [1.82, 2.24) is 4.90 Å². The van der Waals surface area contributed by atoms with Gasteiger partial charge in [0.05, 0.1) is 6.10 Å². The van der Waals surface area contributed by atoms with Gasteiger partial charge in [-0.3, -0.25) is 0 Å². The number of para-hydroxylation sites is 1. The first-order valence-corrected chi connectivity index (χ1v) is 7.86. The molecule has 0 aliphatic rings. The summed E-state index contributed by atoms with van der Waals surface area (Å²) in [5, 5.41) is 14.2. The van der Waals surface area contributed by atoms with Gasteiger partial charge in [0.15, 0.2) is 5.11 Å². The van der Waals surface area contributed by atoms with Crippen LogP contribution in [-0.4, -0.2) is 27.8 Å². The predicted octanol–water partition coefficient (Wildman–Crippen LogP) is 3.92. The van der Waals surface area contributed by atoms with Gasteiger partial charge >= 0.3 is 0 Å². The van der Waals surface area contributed by atoms with Gasteiger partial charge in [-0.05, 0) is 49.0 Å².